The first kappa shape index (κ1) is 26.3. The van der Waals surface area contributed by atoms with E-state index in [1.54, 1.807) is 4.90 Å². The molecule has 0 aromatic carbocycles. The van der Waals surface area contributed by atoms with Crippen molar-refractivity contribution in [2.75, 3.05) is 35.7 Å². The molecule has 0 spiro atoms. The first-order chi connectivity index (χ1) is 17.0. The smallest absolute Gasteiger partial charge is 0.313 e. The van der Waals surface area contributed by atoms with E-state index in [1.807, 2.05) is 0 Å². The van der Waals surface area contributed by atoms with Crippen molar-refractivity contribution in [2.45, 2.75) is 59.3 Å². The van der Waals surface area contributed by atoms with Gasteiger partial charge in [-0.3, -0.25) is 4.21 Å². The summed E-state index contributed by atoms with van der Waals surface area (Å²) in [6.45, 7) is 0.154. The van der Waals surface area contributed by atoms with E-state index in [-0.39, 0.29) is 67.4 Å². The minimum atomic E-state index is -9.88. The molecule has 1 atom stereocenters. The molecular weight excluding hydrogens is 553 g/mol. The third-order valence-corrected chi connectivity index (χ3v) is 9.54. The number of aliphatic hydroxyl groups excluding tert-OH is 1. The van der Waals surface area contributed by atoms with Gasteiger partial charge in [-0.2, -0.15) is 13.8 Å². The lowest BCUT2D eigenvalue weighted by atomic mass is 9.77. The van der Waals surface area contributed by atoms with Crippen LogP contribution in [0.25, 0.3) is 0 Å². The topological polar surface area (TPSA) is 104 Å². The van der Waals surface area contributed by atoms with Gasteiger partial charge < -0.3 is 15.3 Å². The maximum absolute atomic E-state index is 14.7. The summed E-state index contributed by atoms with van der Waals surface area (Å²) in [4.78, 5) is 14.7. The third kappa shape index (κ3) is 4.96. The summed E-state index contributed by atoms with van der Waals surface area (Å²) in [5, 5.41) is 12.8. The van der Waals surface area contributed by atoms with Gasteiger partial charge in [-0.15, -0.1) is 0 Å². The minimum Gasteiger partial charge on any atom is -0.394 e. The largest absolute Gasteiger partial charge is 0.394 e. The Morgan fingerprint density at radius 2 is 1.70 bits per heavy atom. The highest BCUT2D eigenvalue weighted by Crippen LogP contribution is 3.01. The molecule has 0 amide bonds. The van der Waals surface area contributed by atoms with Crippen LogP contribution in [0, 0.1) is 0 Å². The van der Waals surface area contributed by atoms with Crippen LogP contribution in [0.2, 0.25) is 0 Å². The van der Waals surface area contributed by atoms with Crippen LogP contribution in [0.5, 0.6) is 0 Å². The predicted molar refractivity (Wildman–Crippen MR) is 122 cm³/mol. The number of hydrogen-bond acceptors (Lipinski definition) is 8. The molecule has 17 heteroatoms. The van der Waals surface area contributed by atoms with Gasteiger partial charge in [-0.05, 0) is 32.1 Å². The van der Waals surface area contributed by atoms with Crippen molar-refractivity contribution in [3.8, 4) is 0 Å². The van der Waals surface area contributed by atoms with E-state index in [0.717, 1.165) is 6.42 Å². The molecule has 5 rings (SSSR count). The number of hydrogen-bond donors (Lipinski definition) is 2. The van der Waals surface area contributed by atoms with Gasteiger partial charge in [0.1, 0.15) is 27.1 Å². The van der Waals surface area contributed by atoms with Gasteiger partial charge in [0.25, 0.3) is 0 Å². The van der Waals surface area contributed by atoms with Crippen molar-refractivity contribution in [1.82, 2.24) is 19.9 Å². The standard InChI is InChI=1S/C20H23F7N6O2S2/c21-20(22)11-36(35)14-15(20)30-18(31-17(14)32-19(10-34)4-1-5-19)33-6-2-12(3-7-33)16-28-8-13(9-29-16)37(23,24,25,26)27/h8-9,12,34H,1-7,10-11H2,(H,30,31,32). The molecule has 2 aliphatic heterocycles. The Hall–Kier alpha value is -2.27. The Morgan fingerprint density at radius 1 is 1.08 bits per heavy atom. The molecule has 0 radical (unpaired) electrons. The summed E-state index contributed by atoms with van der Waals surface area (Å²) >= 11 is 0. The second-order valence-corrected chi connectivity index (χ2v) is 13.5. The monoisotopic (exact) mass is 576 g/mol. The molecule has 1 unspecified atom stereocenters. The number of anilines is 2. The van der Waals surface area contributed by atoms with Gasteiger partial charge in [0.2, 0.25) is 5.95 Å². The van der Waals surface area contributed by atoms with Crippen LogP contribution in [0.15, 0.2) is 22.2 Å². The van der Waals surface area contributed by atoms with Crippen LogP contribution in [0.3, 0.4) is 0 Å². The van der Waals surface area contributed by atoms with Crippen molar-refractivity contribution in [3.05, 3.63) is 23.9 Å². The Balaban J connectivity index is 1.37. The molecule has 1 saturated carbocycles. The Morgan fingerprint density at radius 3 is 2.22 bits per heavy atom. The molecule has 2 fully saturated rings. The quantitative estimate of drug-likeness (QED) is 0.471. The summed E-state index contributed by atoms with van der Waals surface area (Å²) < 4.78 is 106. The molecule has 1 saturated heterocycles. The van der Waals surface area contributed by atoms with Gasteiger partial charge in [-0.1, -0.05) is 19.4 Å². The number of nitrogens with one attached hydrogen (secondary N) is 1. The lowest BCUT2D eigenvalue weighted by molar-refractivity contribution is 0.0191. The maximum atomic E-state index is 14.7. The predicted octanol–water partition coefficient (Wildman–Crippen LogP) is 4.85. The molecule has 8 nitrogen and oxygen atoms in total. The molecule has 0 bridgehead atoms. The van der Waals surface area contributed by atoms with Crippen molar-refractivity contribution in [2.24, 2.45) is 0 Å². The molecule has 2 N–H and O–H groups in total. The fourth-order valence-electron chi connectivity index (χ4n) is 4.68. The molecule has 206 valence electrons. The summed E-state index contributed by atoms with van der Waals surface area (Å²) in [5.41, 5.74) is -1.38. The highest BCUT2D eigenvalue weighted by molar-refractivity contribution is 8.45. The van der Waals surface area contributed by atoms with Crippen molar-refractivity contribution in [3.63, 3.8) is 0 Å². The van der Waals surface area contributed by atoms with Gasteiger partial charge in [-0.25, -0.2) is 15.0 Å². The van der Waals surface area contributed by atoms with Crippen molar-refractivity contribution in [1.29, 1.82) is 0 Å². The normalized spacial score (nSPS) is 25.1. The zero-order valence-corrected chi connectivity index (χ0v) is 20.8. The van der Waals surface area contributed by atoms with E-state index < -0.39 is 54.7 Å². The number of piperidine rings is 1. The lowest BCUT2D eigenvalue weighted by Crippen LogP contribution is -2.49. The fraction of sp³-hybridized carbons (Fsp3) is 0.600. The van der Waals surface area contributed by atoms with E-state index in [4.69, 9.17) is 0 Å². The number of alkyl halides is 2. The second-order valence-electron chi connectivity index (χ2n) is 9.67. The summed E-state index contributed by atoms with van der Waals surface area (Å²) in [6, 6.07) is 0. The molecular formula is C20H23F7N6O2S2. The first-order valence-corrected chi connectivity index (χ1v) is 14.7. The van der Waals surface area contributed by atoms with Crippen LogP contribution in [0.4, 0.5) is 40.0 Å². The zero-order chi connectivity index (χ0) is 26.9. The van der Waals surface area contributed by atoms with Crippen molar-refractivity contribution < 1.29 is 37.5 Å². The van der Waals surface area contributed by atoms with E-state index in [0.29, 0.717) is 12.8 Å². The summed E-state index contributed by atoms with van der Waals surface area (Å²) in [6.07, 6.45) is 2.73. The molecule has 37 heavy (non-hydrogen) atoms. The average Bonchev–Trinajstić information content (AvgIpc) is 3.03. The number of fused-ring (bicyclic) bond motifs is 1. The van der Waals surface area contributed by atoms with Crippen LogP contribution in [0.1, 0.15) is 49.5 Å². The number of aliphatic hydroxyl groups is 1. The molecule has 1 aliphatic carbocycles. The molecule has 2 aromatic heterocycles. The Bertz CT molecular complexity index is 1250. The van der Waals surface area contributed by atoms with Crippen LogP contribution >= 0.6 is 10.2 Å². The highest BCUT2D eigenvalue weighted by atomic mass is 32.5. The highest BCUT2D eigenvalue weighted by Gasteiger charge is 2.66. The van der Waals surface area contributed by atoms with Gasteiger partial charge in [0.05, 0.1) is 41.1 Å². The lowest BCUT2D eigenvalue weighted by Gasteiger charge is -2.42. The van der Waals surface area contributed by atoms with E-state index >= 15 is 0 Å². The van der Waals surface area contributed by atoms with Gasteiger partial charge in [0, 0.05) is 19.0 Å². The van der Waals surface area contributed by atoms with Gasteiger partial charge >= 0.3 is 16.1 Å². The van der Waals surface area contributed by atoms with Crippen LogP contribution < -0.4 is 10.2 Å². The van der Waals surface area contributed by atoms with Gasteiger partial charge in [0.15, 0.2) is 0 Å². The van der Waals surface area contributed by atoms with E-state index in [1.165, 1.54) is 0 Å². The van der Waals surface area contributed by atoms with E-state index in [9.17, 15) is 37.5 Å². The summed E-state index contributed by atoms with van der Waals surface area (Å²) in [7, 11) is -11.9. The number of aromatic nitrogens is 4. The molecule has 3 aliphatic rings. The number of halogens is 7. The Labute approximate surface area is 209 Å². The second kappa shape index (κ2) is 7.88. The SMILES string of the molecule is O=S1CC(F)(F)c2nc(N3CCC(c4ncc(S(F)(F)(F)(F)F)cn4)CC3)nc(NC3(CO)CCC3)c21. The van der Waals surface area contributed by atoms with Crippen LogP contribution in [-0.2, 0) is 16.7 Å². The molecule has 4 heterocycles. The van der Waals surface area contributed by atoms with E-state index in [2.05, 4.69) is 25.3 Å². The average molecular weight is 577 g/mol. The molecule has 2 aromatic rings. The first-order valence-electron chi connectivity index (χ1n) is 11.4. The number of rotatable bonds is 6. The zero-order valence-electron chi connectivity index (χ0n) is 19.1. The number of nitrogens with zero attached hydrogens (tertiary/aromatic N) is 5. The Kier molecular flexibility index (Phi) is 5.61. The fourth-order valence-corrected chi connectivity index (χ4v) is 6.52. The minimum absolute atomic E-state index is 0.0127. The van der Waals surface area contributed by atoms with Crippen LogP contribution in [-0.4, -0.2) is 60.2 Å². The maximum Gasteiger partial charge on any atom is 0.313 e. The summed E-state index contributed by atoms with van der Waals surface area (Å²) in [5.74, 6) is -4.88. The third-order valence-electron chi connectivity index (χ3n) is 6.97. The van der Waals surface area contributed by atoms with Crippen molar-refractivity contribution >= 4 is 32.8 Å².